The van der Waals surface area contributed by atoms with E-state index in [9.17, 15) is 4.79 Å². The van der Waals surface area contributed by atoms with Crippen molar-refractivity contribution >= 4 is 28.1 Å². The summed E-state index contributed by atoms with van der Waals surface area (Å²) in [5.41, 5.74) is 0.896. The molecule has 0 aliphatic rings. The first-order valence-electron chi connectivity index (χ1n) is 4.18. The lowest BCUT2D eigenvalue weighted by atomic mass is 10.2. The van der Waals surface area contributed by atoms with E-state index in [1.165, 1.54) is 0 Å². The van der Waals surface area contributed by atoms with Gasteiger partial charge in [-0.2, -0.15) is 0 Å². The van der Waals surface area contributed by atoms with Gasteiger partial charge in [-0.25, -0.2) is 4.79 Å². The Balaban J connectivity index is 2.74. The quantitative estimate of drug-likeness (QED) is 0.854. The van der Waals surface area contributed by atoms with Gasteiger partial charge in [0.25, 0.3) is 0 Å². The maximum Gasteiger partial charge on any atom is 0.346 e. The lowest BCUT2D eigenvalue weighted by molar-refractivity contribution is -0.128. The molecule has 1 aromatic rings. The molecule has 15 heavy (non-hydrogen) atoms. The van der Waals surface area contributed by atoms with Gasteiger partial charge in [-0.15, -0.1) is 0 Å². The van der Waals surface area contributed by atoms with Crippen LogP contribution in [0.3, 0.4) is 0 Å². The first kappa shape index (κ1) is 11.7. The minimum Gasteiger partial charge on any atom is -0.496 e. The van der Waals surface area contributed by atoms with Crippen LogP contribution in [0.25, 0.3) is 0 Å². The molecule has 1 aromatic carbocycles. The fourth-order valence-corrected chi connectivity index (χ4v) is 1.44. The van der Waals surface area contributed by atoms with Crippen LogP contribution in [0.15, 0.2) is 27.7 Å². The molecular formula is C10H10BrNO3. The summed E-state index contributed by atoms with van der Waals surface area (Å²) < 4.78 is 5.96. The molecule has 5 heteroatoms. The number of carboxylic acid groups (broad SMARTS) is 1. The zero-order valence-corrected chi connectivity index (χ0v) is 9.69. The van der Waals surface area contributed by atoms with Crippen molar-refractivity contribution in [3.63, 3.8) is 0 Å². The van der Waals surface area contributed by atoms with Crippen molar-refractivity contribution in [2.75, 3.05) is 7.11 Å². The molecule has 0 bridgehead atoms. The summed E-state index contributed by atoms with van der Waals surface area (Å²) in [4.78, 5) is 13.9. The maximum absolute atomic E-state index is 10.2. The molecule has 0 amide bonds. The zero-order chi connectivity index (χ0) is 11.3. The molecule has 80 valence electrons. The minimum atomic E-state index is -1.04. The Kier molecular flexibility index (Phi) is 4.30. The summed E-state index contributed by atoms with van der Waals surface area (Å²) in [6.45, 7) is 0.329. The molecule has 0 fully saturated rings. The molecule has 0 heterocycles. The topological polar surface area (TPSA) is 58.9 Å². The predicted molar refractivity (Wildman–Crippen MR) is 60.5 cm³/mol. The van der Waals surface area contributed by atoms with E-state index < -0.39 is 5.97 Å². The van der Waals surface area contributed by atoms with Crippen LogP contribution in [-0.4, -0.2) is 24.4 Å². The smallest absolute Gasteiger partial charge is 0.346 e. The third kappa shape index (κ3) is 3.71. The Hall–Kier alpha value is -1.36. The minimum absolute atomic E-state index is 0.329. The van der Waals surface area contributed by atoms with Gasteiger partial charge in [-0.3, -0.25) is 4.99 Å². The molecule has 0 spiro atoms. The highest BCUT2D eigenvalue weighted by Gasteiger charge is 2.00. The highest BCUT2D eigenvalue weighted by molar-refractivity contribution is 9.10. The summed E-state index contributed by atoms with van der Waals surface area (Å²) >= 11 is 3.32. The van der Waals surface area contributed by atoms with Crippen molar-refractivity contribution in [2.24, 2.45) is 4.99 Å². The first-order chi connectivity index (χ1) is 7.13. The molecule has 0 aliphatic heterocycles. The van der Waals surface area contributed by atoms with Gasteiger partial charge in [0, 0.05) is 0 Å². The van der Waals surface area contributed by atoms with E-state index in [0.29, 0.717) is 12.3 Å². The molecule has 0 aromatic heterocycles. The Bertz CT molecular complexity index is 390. The third-order valence-electron chi connectivity index (χ3n) is 1.69. The number of ether oxygens (including phenoxy) is 1. The Morgan fingerprint density at radius 2 is 2.40 bits per heavy atom. The van der Waals surface area contributed by atoms with Crippen LogP contribution in [-0.2, 0) is 11.3 Å². The van der Waals surface area contributed by atoms with Gasteiger partial charge in [0.2, 0.25) is 0 Å². The average Bonchev–Trinajstić information content (AvgIpc) is 2.20. The number of hydrogen-bond acceptors (Lipinski definition) is 3. The molecule has 0 saturated carbocycles. The summed E-state index contributed by atoms with van der Waals surface area (Å²) in [6, 6.07) is 5.50. The second-order valence-corrected chi connectivity index (χ2v) is 3.63. The Morgan fingerprint density at radius 3 is 3.00 bits per heavy atom. The molecule has 4 nitrogen and oxygen atoms in total. The van der Waals surface area contributed by atoms with E-state index in [1.54, 1.807) is 7.11 Å². The molecule has 0 atom stereocenters. The molecule has 0 saturated heterocycles. The van der Waals surface area contributed by atoms with Gasteiger partial charge in [-0.05, 0) is 33.6 Å². The number of carboxylic acids is 1. The van der Waals surface area contributed by atoms with E-state index in [0.717, 1.165) is 16.3 Å². The van der Waals surface area contributed by atoms with Gasteiger partial charge in [0.1, 0.15) is 12.0 Å². The van der Waals surface area contributed by atoms with Gasteiger partial charge in [0.15, 0.2) is 0 Å². The van der Waals surface area contributed by atoms with Gasteiger partial charge in [0.05, 0.1) is 18.1 Å². The standard InChI is InChI=1S/C10H10BrNO3/c1-15-9-4-7(2-3-8(9)11)5-12-6-10(13)14/h2-4,6H,5H2,1H3,(H,13,14). The molecule has 0 radical (unpaired) electrons. The molecular weight excluding hydrogens is 262 g/mol. The predicted octanol–water partition coefficient (Wildman–Crippen LogP) is 2.11. The second-order valence-electron chi connectivity index (χ2n) is 2.78. The fourth-order valence-electron chi connectivity index (χ4n) is 1.03. The van der Waals surface area contributed by atoms with E-state index >= 15 is 0 Å². The Labute approximate surface area is 95.7 Å². The van der Waals surface area contributed by atoms with Crippen molar-refractivity contribution in [3.05, 3.63) is 28.2 Å². The third-order valence-corrected chi connectivity index (χ3v) is 2.35. The first-order valence-corrected chi connectivity index (χ1v) is 4.98. The lowest BCUT2D eigenvalue weighted by Crippen LogP contribution is -1.95. The summed E-state index contributed by atoms with van der Waals surface area (Å²) in [6.07, 6.45) is 0.883. The van der Waals surface area contributed by atoms with E-state index in [4.69, 9.17) is 9.84 Å². The van der Waals surface area contributed by atoms with Gasteiger partial charge >= 0.3 is 5.97 Å². The molecule has 0 unspecified atom stereocenters. The fraction of sp³-hybridized carbons (Fsp3) is 0.200. The number of aliphatic imine (C=N–C) groups is 1. The van der Waals surface area contributed by atoms with Crippen molar-refractivity contribution in [1.29, 1.82) is 0 Å². The van der Waals surface area contributed by atoms with Crippen LogP contribution in [0.5, 0.6) is 5.75 Å². The highest BCUT2D eigenvalue weighted by Crippen LogP contribution is 2.25. The number of carbonyl (C=O) groups is 1. The van der Waals surface area contributed by atoms with Crippen molar-refractivity contribution < 1.29 is 14.6 Å². The summed E-state index contributed by atoms with van der Waals surface area (Å²) in [5, 5.41) is 8.35. The number of benzene rings is 1. The summed E-state index contributed by atoms with van der Waals surface area (Å²) in [7, 11) is 1.57. The normalized spacial score (nSPS) is 10.5. The number of hydrogen-bond donors (Lipinski definition) is 1. The lowest BCUT2D eigenvalue weighted by Gasteiger charge is -2.04. The summed E-state index contributed by atoms with van der Waals surface area (Å²) in [5.74, 6) is -0.336. The van der Waals surface area contributed by atoms with Crippen LogP contribution in [0.1, 0.15) is 5.56 Å². The maximum atomic E-state index is 10.2. The van der Waals surface area contributed by atoms with Crippen molar-refractivity contribution in [1.82, 2.24) is 0 Å². The molecule has 1 rings (SSSR count). The van der Waals surface area contributed by atoms with Gasteiger partial charge < -0.3 is 9.84 Å². The SMILES string of the molecule is COc1cc(CN=CC(=O)O)ccc1Br. The van der Waals surface area contributed by atoms with Crippen LogP contribution in [0, 0.1) is 0 Å². The monoisotopic (exact) mass is 271 g/mol. The van der Waals surface area contributed by atoms with E-state index in [-0.39, 0.29) is 0 Å². The van der Waals surface area contributed by atoms with Gasteiger partial charge in [-0.1, -0.05) is 6.07 Å². The van der Waals surface area contributed by atoms with Crippen LogP contribution in [0.2, 0.25) is 0 Å². The molecule has 1 N–H and O–H groups in total. The zero-order valence-electron chi connectivity index (χ0n) is 8.11. The number of methoxy groups -OCH3 is 1. The average molecular weight is 272 g/mol. The van der Waals surface area contributed by atoms with Crippen molar-refractivity contribution in [2.45, 2.75) is 6.54 Å². The number of rotatable bonds is 4. The van der Waals surface area contributed by atoms with Crippen LogP contribution < -0.4 is 4.74 Å². The van der Waals surface area contributed by atoms with Crippen LogP contribution >= 0.6 is 15.9 Å². The van der Waals surface area contributed by atoms with Crippen LogP contribution in [0.4, 0.5) is 0 Å². The number of aliphatic carboxylic acids is 1. The number of nitrogens with zero attached hydrogens (tertiary/aromatic N) is 1. The van der Waals surface area contributed by atoms with Crippen molar-refractivity contribution in [3.8, 4) is 5.75 Å². The number of halogens is 1. The highest BCUT2D eigenvalue weighted by atomic mass is 79.9. The molecule has 0 aliphatic carbocycles. The van der Waals surface area contributed by atoms with E-state index in [1.807, 2.05) is 18.2 Å². The Morgan fingerprint density at radius 1 is 1.67 bits per heavy atom. The largest absolute Gasteiger partial charge is 0.496 e. The van der Waals surface area contributed by atoms with E-state index in [2.05, 4.69) is 20.9 Å². The second kappa shape index (κ2) is 5.50.